The first kappa shape index (κ1) is 27.3. The van der Waals surface area contributed by atoms with Crippen molar-refractivity contribution in [1.82, 2.24) is 9.88 Å². The molecule has 0 unspecified atom stereocenters. The number of nitrogens with zero attached hydrogens (tertiary/aromatic N) is 4. The molecule has 39 heavy (non-hydrogen) atoms. The van der Waals surface area contributed by atoms with E-state index in [2.05, 4.69) is 9.88 Å². The van der Waals surface area contributed by atoms with Gasteiger partial charge in [0.2, 0.25) is 0 Å². The van der Waals surface area contributed by atoms with Gasteiger partial charge in [0.1, 0.15) is 4.70 Å². The molecule has 3 heterocycles. The number of nitro groups is 1. The van der Waals surface area contributed by atoms with Crippen LogP contribution in [0.2, 0.25) is 0 Å². The third-order valence-electron chi connectivity index (χ3n) is 7.49. The minimum atomic E-state index is -4.85. The van der Waals surface area contributed by atoms with Gasteiger partial charge in [-0.25, -0.2) is 0 Å². The average molecular weight is 573 g/mol. The van der Waals surface area contributed by atoms with Gasteiger partial charge in [0.05, 0.1) is 21.4 Å². The summed E-state index contributed by atoms with van der Waals surface area (Å²) in [5.74, 6) is 0. The second-order valence-electron chi connectivity index (χ2n) is 10.1. The number of alkyl halides is 6. The molecule has 0 atom stereocenters. The lowest BCUT2D eigenvalue weighted by atomic mass is 9.78. The number of anilines is 1. The predicted octanol–water partition coefficient (Wildman–Crippen LogP) is 6.09. The number of fused-ring (bicyclic) bond motifs is 1. The Kier molecular flexibility index (Phi) is 6.82. The van der Waals surface area contributed by atoms with E-state index in [-0.39, 0.29) is 15.2 Å². The molecule has 2 aliphatic rings. The molecule has 0 saturated carbocycles. The largest absolute Gasteiger partial charge is 0.416 e. The van der Waals surface area contributed by atoms with E-state index in [4.69, 9.17) is 0 Å². The van der Waals surface area contributed by atoms with Gasteiger partial charge in [0.15, 0.2) is 5.13 Å². The third-order valence-corrected chi connectivity index (χ3v) is 8.65. The molecule has 1 spiro atoms. The molecule has 0 N–H and O–H groups in total. The van der Waals surface area contributed by atoms with Gasteiger partial charge in [-0.05, 0) is 48.9 Å². The molecule has 2 aliphatic heterocycles. The first-order valence-electron chi connectivity index (χ1n) is 12.1. The molecule has 3 aromatic rings. The maximum atomic E-state index is 13.2. The van der Waals surface area contributed by atoms with E-state index in [9.17, 15) is 41.3 Å². The number of aromatic nitrogens is 1. The predicted molar refractivity (Wildman–Crippen MR) is 133 cm³/mol. The van der Waals surface area contributed by atoms with E-state index in [1.807, 2.05) is 4.90 Å². The van der Waals surface area contributed by atoms with Gasteiger partial charge in [-0.3, -0.25) is 19.8 Å². The third kappa shape index (κ3) is 5.57. The summed E-state index contributed by atoms with van der Waals surface area (Å²) in [6, 6.07) is 6.32. The van der Waals surface area contributed by atoms with E-state index in [1.165, 1.54) is 6.07 Å². The van der Waals surface area contributed by atoms with Crippen LogP contribution in [0.3, 0.4) is 0 Å². The number of hydrogen-bond acceptors (Lipinski definition) is 7. The zero-order chi connectivity index (χ0) is 28.2. The number of halogens is 6. The standard InChI is InChI=1S/C25H22F6N4O3S/c26-24(27,28)16-3-1-2-15(10-16)13-33-7-4-23(14-33)5-8-34(9-6-23)22-32-21(36)18-11-17(25(29,30)31)12-19(35(37)38)20(18)39-22/h1-3,10-12H,4-9,13-14H2. The summed E-state index contributed by atoms with van der Waals surface area (Å²) in [5, 5.41) is 11.3. The van der Waals surface area contributed by atoms with Gasteiger partial charge in [-0.1, -0.05) is 29.5 Å². The highest BCUT2D eigenvalue weighted by molar-refractivity contribution is 7.22. The summed E-state index contributed by atoms with van der Waals surface area (Å²) in [6.07, 6.45) is -6.99. The van der Waals surface area contributed by atoms with Gasteiger partial charge in [-0.2, -0.15) is 31.3 Å². The SMILES string of the molecule is O=c1nc(N2CCC3(CCN(Cc4cccc(C(F)(F)F)c4)C3)CC2)sc2c([N+](=O)[O-])cc(C(F)(F)F)cc12. The van der Waals surface area contributed by atoms with Crippen molar-refractivity contribution in [3.63, 3.8) is 0 Å². The Balaban J connectivity index is 1.31. The summed E-state index contributed by atoms with van der Waals surface area (Å²) in [5.41, 5.74) is -3.19. The minimum absolute atomic E-state index is 0.0620. The molecule has 0 radical (unpaired) electrons. The Bertz CT molecular complexity index is 1480. The number of likely N-dealkylation sites (tertiary alicyclic amines) is 1. The lowest BCUT2D eigenvalue weighted by Gasteiger charge is -2.39. The molecule has 2 fully saturated rings. The van der Waals surface area contributed by atoms with Crippen LogP contribution < -0.4 is 10.5 Å². The first-order valence-corrected chi connectivity index (χ1v) is 12.9. The Morgan fingerprint density at radius 3 is 2.28 bits per heavy atom. The highest BCUT2D eigenvalue weighted by Crippen LogP contribution is 2.43. The second-order valence-corrected chi connectivity index (χ2v) is 11.1. The lowest BCUT2D eigenvalue weighted by Crippen LogP contribution is -2.42. The van der Waals surface area contributed by atoms with Crippen LogP contribution in [0, 0.1) is 15.5 Å². The molecule has 0 aliphatic carbocycles. The van der Waals surface area contributed by atoms with Crippen LogP contribution in [0.1, 0.15) is 36.0 Å². The van der Waals surface area contributed by atoms with Gasteiger partial charge >= 0.3 is 12.4 Å². The fourth-order valence-electron chi connectivity index (χ4n) is 5.42. The van der Waals surface area contributed by atoms with Crippen LogP contribution in [-0.2, 0) is 18.9 Å². The van der Waals surface area contributed by atoms with Crippen LogP contribution in [0.15, 0.2) is 41.2 Å². The van der Waals surface area contributed by atoms with Gasteiger partial charge in [0, 0.05) is 32.2 Å². The Hall–Kier alpha value is -3.26. The number of benzene rings is 2. The van der Waals surface area contributed by atoms with Crippen molar-refractivity contribution >= 4 is 32.2 Å². The van der Waals surface area contributed by atoms with E-state index in [0.717, 1.165) is 36.4 Å². The minimum Gasteiger partial charge on any atom is -0.348 e. The number of rotatable bonds is 4. The highest BCUT2D eigenvalue weighted by Gasteiger charge is 2.41. The number of nitro benzene ring substituents is 1. The van der Waals surface area contributed by atoms with Crippen molar-refractivity contribution in [2.45, 2.75) is 38.2 Å². The highest BCUT2D eigenvalue weighted by atomic mass is 32.1. The Labute approximate surface area is 221 Å². The van der Waals surface area contributed by atoms with Crippen LogP contribution in [-0.4, -0.2) is 41.0 Å². The second kappa shape index (κ2) is 9.73. The van der Waals surface area contributed by atoms with Crippen molar-refractivity contribution in [1.29, 1.82) is 0 Å². The smallest absolute Gasteiger partial charge is 0.348 e. The molecule has 208 valence electrons. The molecule has 7 nitrogen and oxygen atoms in total. The lowest BCUT2D eigenvalue weighted by molar-refractivity contribution is -0.383. The number of non-ortho nitro benzene ring substituents is 1. The van der Waals surface area contributed by atoms with Crippen molar-refractivity contribution in [2.75, 3.05) is 31.1 Å². The summed E-state index contributed by atoms with van der Waals surface area (Å²) in [7, 11) is 0. The molecule has 5 rings (SSSR count). The van der Waals surface area contributed by atoms with E-state index < -0.39 is 45.0 Å². The average Bonchev–Trinajstić information content (AvgIpc) is 3.24. The van der Waals surface area contributed by atoms with Gasteiger partial charge in [0.25, 0.3) is 11.2 Å². The van der Waals surface area contributed by atoms with E-state index >= 15 is 0 Å². The molecular formula is C25H22F6N4O3S. The number of hydrogen-bond donors (Lipinski definition) is 0. The van der Waals surface area contributed by atoms with Crippen LogP contribution in [0.25, 0.3) is 10.1 Å². The Morgan fingerprint density at radius 2 is 1.64 bits per heavy atom. The molecule has 1 aromatic heterocycles. The van der Waals surface area contributed by atoms with Crippen LogP contribution in [0.5, 0.6) is 0 Å². The maximum absolute atomic E-state index is 13.2. The van der Waals surface area contributed by atoms with Crippen LogP contribution >= 0.6 is 11.3 Å². The summed E-state index contributed by atoms with van der Waals surface area (Å²) >= 11 is 0.822. The van der Waals surface area contributed by atoms with E-state index in [1.54, 1.807) is 6.07 Å². The fraction of sp³-hybridized carbons (Fsp3) is 0.440. The fourth-order valence-corrected chi connectivity index (χ4v) is 6.54. The van der Waals surface area contributed by atoms with Gasteiger partial charge in [-0.15, -0.1) is 0 Å². The molecule has 14 heteroatoms. The summed E-state index contributed by atoms with van der Waals surface area (Å²) in [4.78, 5) is 31.2. The monoisotopic (exact) mass is 572 g/mol. The maximum Gasteiger partial charge on any atom is 0.416 e. The topological polar surface area (TPSA) is 79.6 Å². The van der Waals surface area contributed by atoms with Crippen molar-refractivity contribution < 1.29 is 31.3 Å². The van der Waals surface area contributed by atoms with Crippen LogP contribution in [0.4, 0.5) is 37.2 Å². The van der Waals surface area contributed by atoms with Gasteiger partial charge < -0.3 is 4.90 Å². The van der Waals surface area contributed by atoms with Crippen molar-refractivity contribution in [3.8, 4) is 0 Å². The zero-order valence-corrected chi connectivity index (χ0v) is 21.1. The molecule has 0 amide bonds. The number of piperidine rings is 1. The zero-order valence-electron chi connectivity index (χ0n) is 20.3. The van der Waals surface area contributed by atoms with Crippen molar-refractivity contribution in [3.05, 3.63) is 73.6 Å². The molecule has 2 saturated heterocycles. The first-order chi connectivity index (χ1) is 18.2. The quantitative estimate of drug-likeness (QED) is 0.214. The van der Waals surface area contributed by atoms with Crippen molar-refractivity contribution in [2.24, 2.45) is 5.41 Å². The summed E-state index contributed by atoms with van der Waals surface area (Å²) in [6.45, 7) is 2.79. The van der Waals surface area contributed by atoms with E-state index in [0.29, 0.717) is 56.7 Å². The Morgan fingerprint density at radius 1 is 0.974 bits per heavy atom. The molecule has 0 bridgehead atoms. The molecule has 2 aromatic carbocycles. The normalized spacial score (nSPS) is 18.3. The molecular weight excluding hydrogens is 550 g/mol. The summed E-state index contributed by atoms with van der Waals surface area (Å²) < 4.78 is 78.7.